The number of nitrogens with zero attached hydrogens (tertiary/aromatic N) is 2. The van der Waals surface area contributed by atoms with Crippen LogP contribution in [0.1, 0.15) is 26.7 Å². The van der Waals surface area contributed by atoms with Crippen LogP contribution < -0.4 is 5.73 Å². The van der Waals surface area contributed by atoms with Gasteiger partial charge in [-0.2, -0.15) is 0 Å². The van der Waals surface area contributed by atoms with Gasteiger partial charge < -0.3 is 15.4 Å². The summed E-state index contributed by atoms with van der Waals surface area (Å²) in [6.07, 6.45) is 2.77. The Morgan fingerprint density at radius 3 is 2.53 bits per heavy atom. The standard InChI is InChI=1S/C14H27N3O2/c1-11(2)13(15)14(18)17-7-5-16(6-8-17)10-12-4-3-9-19-12/h11-13H,3-10,15H2,1-2H3/t12?,13-/m0/s1. The summed E-state index contributed by atoms with van der Waals surface area (Å²) in [7, 11) is 0. The molecule has 5 nitrogen and oxygen atoms in total. The Hall–Kier alpha value is -0.650. The van der Waals surface area contributed by atoms with Crippen LogP contribution in [-0.4, -0.2) is 67.2 Å². The van der Waals surface area contributed by atoms with Crippen molar-refractivity contribution in [3.63, 3.8) is 0 Å². The first-order chi connectivity index (χ1) is 9.08. The molecule has 5 heteroatoms. The number of carbonyl (C=O) groups excluding carboxylic acids is 1. The lowest BCUT2D eigenvalue weighted by atomic mass is 10.0. The van der Waals surface area contributed by atoms with Gasteiger partial charge in [0.25, 0.3) is 0 Å². The molecule has 0 bridgehead atoms. The van der Waals surface area contributed by atoms with E-state index in [2.05, 4.69) is 4.90 Å². The molecule has 0 spiro atoms. The van der Waals surface area contributed by atoms with Gasteiger partial charge in [0, 0.05) is 39.3 Å². The van der Waals surface area contributed by atoms with E-state index in [-0.39, 0.29) is 17.9 Å². The van der Waals surface area contributed by atoms with Crippen molar-refractivity contribution in [1.29, 1.82) is 0 Å². The van der Waals surface area contributed by atoms with Gasteiger partial charge >= 0.3 is 0 Å². The Kier molecular flexibility index (Phi) is 5.19. The van der Waals surface area contributed by atoms with Crippen LogP contribution >= 0.6 is 0 Å². The van der Waals surface area contributed by atoms with E-state index in [1.54, 1.807) is 0 Å². The summed E-state index contributed by atoms with van der Waals surface area (Å²) in [6, 6.07) is -0.357. The molecule has 19 heavy (non-hydrogen) atoms. The zero-order valence-electron chi connectivity index (χ0n) is 12.2. The first-order valence-corrected chi connectivity index (χ1v) is 7.46. The van der Waals surface area contributed by atoms with Gasteiger partial charge in [-0.05, 0) is 18.8 Å². The molecular weight excluding hydrogens is 242 g/mol. The number of piperazine rings is 1. The second kappa shape index (κ2) is 6.68. The molecule has 2 N–H and O–H groups in total. The second-order valence-electron chi connectivity index (χ2n) is 6.03. The van der Waals surface area contributed by atoms with E-state index in [0.717, 1.165) is 39.3 Å². The van der Waals surface area contributed by atoms with Crippen molar-refractivity contribution in [3.8, 4) is 0 Å². The van der Waals surface area contributed by atoms with E-state index in [9.17, 15) is 4.79 Å². The molecule has 0 radical (unpaired) electrons. The quantitative estimate of drug-likeness (QED) is 0.797. The normalized spacial score (nSPS) is 26.9. The predicted octanol–water partition coefficient (Wildman–Crippen LogP) is 0.293. The molecule has 2 fully saturated rings. The minimum absolute atomic E-state index is 0.103. The van der Waals surface area contributed by atoms with Crippen LogP contribution in [0.15, 0.2) is 0 Å². The fourth-order valence-electron chi connectivity index (χ4n) is 2.72. The van der Waals surface area contributed by atoms with Crippen molar-refractivity contribution in [3.05, 3.63) is 0 Å². The molecule has 0 aromatic heterocycles. The minimum Gasteiger partial charge on any atom is -0.377 e. The molecule has 0 aliphatic carbocycles. The molecule has 110 valence electrons. The van der Waals surface area contributed by atoms with Gasteiger partial charge in [-0.15, -0.1) is 0 Å². The Morgan fingerprint density at radius 2 is 2.00 bits per heavy atom. The van der Waals surface area contributed by atoms with Gasteiger partial charge in [0.1, 0.15) is 0 Å². The molecule has 2 atom stereocenters. The third kappa shape index (κ3) is 3.91. The minimum atomic E-state index is -0.357. The van der Waals surface area contributed by atoms with Gasteiger partial charge in [0.15, 0.2) is 0 Å². The highest BCUT2D eigenvalue weighted by molar-refractivity contribution is 5.82. The zero-order chi connectivity index (χ0) is 13.8. The predicted molar refractivity (Wildman–Crippen MR) is 74.8 cm³/mol. The molecule has 2 saturated heterocycles. The molecule has 0 saturated carbocycles. The SMILES string of the molecule is CC(C)[C@H](N)C(=O)N1CCN(CC2CCCO2)CC1. The fraction of sp³-hybridized carbons (Fsp3) is 0.929. The van der Waals surface area contributed by atoms with Gasteiger partial charge in [0.2, 0.25) is 5.91 Å². The number of rotatable bonds is 4. The van der Waals surface area contributed by atoms with Gasteiger partial charge in [-0.3, -0.25) is 9.69 Å². The van der Waals surface area contributed by atoms with Crippen LogP contribution in [0.4, 0.5) is 0 Å². The topological polar surface area (TPSA) is 58.8 Å². The number of amides is 1. The van der Waals surface area contributed by atoms with E-state index in [4.69, 9.17) is 10.5 Å². The maximum atomic E-state index is 12.1. The molecule has 1 amide bonds. The monoisotopic (exact) mass is 269 g/mol. The van der Waals surface area contributed by atoms with Crippen molar-refractivity contribution in [1.82, 2.24) is 9.80 Å². The summed E-state index contributed by atoms with van der Waals surface area (Å²) in [5, 5.41) is 0. The second-order valence-corrected chi connectivity index (χ2v) is 6.03. The number of carbonyl (C=O) groups is 1. The molecule has 2 aliphatic heterocycles. The summed E-state index contributed by atoms with van der Waals surface area (Å²) in [4.78, 5) is 16.5. The summed E-state index contributed by atoms with van der Waals surface area (Å²) >= 11 is 0. The Morgan fingerprint density at radius 1 is 1.32 bits per heavy atom. The van der Waals surface area contributed by atoms with E-state index in [0.29, 0.717) is 6.10 Å². The van der Waals surface area contributed by atoms with Crippen molar-refractivity contribution < 1.29 is 9.53 Å². The van der Waals surface area contributed by atoms with E-state index in [1.807, 2.05) is 18.7 Å². The first kappa shape index (κ1) is 14.8. The summed E-state index contributed by atoms with van der Waals surface area (Å²) < 4.78 is 5.66. The maximum Gasteiger partial charge on any atom is 0.239 e. The van der Waals surface area contributed by atoms with Crippen molar-refractivity contribution in [2.24, 2.45) is 11.7 Å². The molecule has 1 unspecified atom stereocenters. The highest BCUT2D eigenvalue weighted by Gasteiger charge is 2.28. The Bertz CT molecular complexity index is 295. The van der Waals surface area contributed by atoms with Crippen molar-refractivity contribution in [2.45, 2.75) is 38.8 Å². The van der Waals surface area contributed by atoms with Crippen LogP contribution in [-0.2, 0) is 9.53 Å². The fourth-order valence-corrected chi connectivity index (χ4v) is 2.72. The average molecular weight is 269 g/mol. The highest BCUT2D eigenvalue weighted by Crippen LogP contribution is 2.15. The third-order valence-electron chi connectivity index (χ3n) is 4.17. The first-order valence-electron chi connectivity index (χ1n) is 7.46. The van der Waals surface area contributed by atoms with Crippen LogP contribution in [0.25, 0.3) is 0 Å². The van der Waals surface area contributed by atoms with Crippen molar-refractivity contribution >= 4 is 5.91 Å². The number of nitrogens with two attached hydrogens (primary N) is 1. The maximum absolute atomic E-state index is 12.1. The Labute approximate surface area is 116 Å². The highest BCUT2D eigenvalue weighted by atomic mass is 16.5. The molecule has 0 aromatic carbocycles. The largest absolute Gasteiger partial charge is 0.377 e. The summed E-state index contributed by atoms with van der Waals surface area (Å²) in [6.45, 7) is 9.39. The summed E-state index contributed by atoms with van der Waals surface area (Å²) in [5.74, 6) is 0.309. The van der Waals surface area contributed by atoms with E-state index < -0.39 is 0 Å². The van der Waals surface area contributed by atoms with E-state index >= 15 is 0 Å². The van der Waals surface area contributed by atoms with Gasteiger partial charge in [0.05, 0.1) is 12.1 Å². The molecule has 2 heterocycles. The number of hydrogen-bond acceptors (Lipinski definition) is 4. The lowest BCUT2D eigenvalue weighted by molar-refractivity contribution is -0.135. The molecule has 2 rings (SSSR count). The van der Waals surface area contributed by atoms with Crippen LogP contribution in [0.3, 0.4) is 0 Å². The van der Waals surface area contributed by atoms with Crippen LogP contribution in [0.2, 0.25) is 0 Å². The van der Waals surface area contributed by atoms with Gasteiger partial charge in [-0.25, -0.2) is 0 Å². The molecular formula is C14H27N3O2. The third-order valence-corrected chi connectivity index (χ3v) is 4.17. The summed E-state index contributed by atoms with van der Waals surface area (Å²) in [5.41, 5.74) is 5.93. The average Bonchev–Trinajstić information content (AvgIpc) is 2.90. The molecule has 2 aliphatic rings. The number of ether oxygens (including phenoxy) is 1. The lowest BCUT2D eigenvalue weighted by Crippen LogP contribution is -2.55. The van der Waals surface area contributed by atoms with Crippen molar-refractivity contribution in [2.75, 3.05) is 39.3 Å². The molecule has 0 aromatic rings. The zero-order valence-corrected chi connectivity index (χ0v) is 12.2. The smallest absolute Gasteiger partial charge is 0.239 e. The van der Waals surface area contributed by atoms with Gasteiger partial charge in [-0.1, -0.05) is 13.8 Å². The lowest BCUT2D eigenvalue weighted by Gasteiger charge is -2.37. The number of hydrogen-bond donors (Lipinski definition) is 1. The Balaban J connectivity index is 1.74. The van der Waals surface area contributed by atoms with Crippen LogP contribution in [0, 0.1) is 5.92 Å². The van der Waals surface area contributed by atoms with E-state index in [1.165, 1.54) is 12.8 Å². The van der Waals surface area contributed by atoms with Crippen LogP contribution in [0.5, 0.6) is 0 Å².